The van der Waals surface area contributed by atoms with Gasteiger partial charge in [0.05, 0.1) is 17.4 Å². The van der Waals surface area contributed by atoms with Crippen molar-refractivity contribution in [3.63, 3.8) is 0 Å². The van der Waals surface area contributed by atoms with Crippen LogP contribution >= 0.6 is 0 Å². The second kappa shape index (κ2) is 7.61. The van der Waals surface area contributed by atoms with E-state index < -0.39 is 11.9 Å². The zero-order valence-corrected chi connectivity index (χ0v) is 12.0. The topological polar surface area (TPSA) is 87.7 Å². The number of rotatable bonds is 3. The van der Waals surface area contributed by atoms with Crippen LogP contribution in [0.15, 0.2) is 77.6 Å². The van der Waals surface area contributed by atoms with Gasteiger partial charge in [-0.1, -0.05) is 42.5 Å². The van der Waals surface area contributed by atoms with Gasteiger partial charge >= 0.3 is 11.9 Å². The van der Waals surface area contributed by atoms with E-state index in [-0.39, 0.29) is 5.56 Å². The zero-order chi connectivity index (χ0) is 16.7. The van der Waals surface area contributed by atoms with Gasteiger partial charge < -0.3 is 14.6 Å². The van der Waals surface area contributed by atoms with Crippen LogP contribution in [-0.2, 0) is 0 Å². The highest BCUT2D eigenvalue weighted by atomic mass is 16.4. The van der Waals surface area contributed by atoms with Crippen molar-refractivity contribution >= 4 is 11.9 Å². The number of carboxylic acids is 2. The quantitative estimate of drug-likeness (QED) is 0.762. The normalized spacial score (nSPS) is 9.57. The molecule has 0 spiro atoms. The fourth-order valence-electron chi connectivity index (χ4n) is 1.82. The number of aromatic carboxylic acids is 2. The van der Waals surface area contributed by atoms with Crippen LogP contribution in [0, 0.1) is 0 Å². The molecule has 0 aliphatic rings. The molecule has 0 aliphatic heterocycles. The summed E-state index contributed by atoms with van der Waals surface area (Å²) in [6, 6.07) is 18.1. The highest BCUT2D eigenvalue weighted by molar-refractivity contribution is 5.88. The van der Waals surface area contributed by atoms with Crippen LogP contribution in [0.25, 0.3) is 11.1 Å². The van der Waals surface area contributed by atoms with E-state index in [4.69, 9.17) is 10.2 Å². The van der Waals surface area contributed by atoms with E-state index in [1.165, 1.54) is 18.6 Å². The van der Waals surface area contributed by atoms with Gasteiger partial charge in [0.15, 0.2) is 0 Å². The zero-order valence-electron chi connectivity index (χ0n) is 12.0. The van der Waals surface area contributed by atoms with E-state index in [1.807, 2.05) is 42.5 Å². The number of hydrogen-bond donors (Lipinski definition) is 2. The van der Waals surface area contributed by atoms with Crippen molar-refractivity contribution in [2.75, 3.05) is 0 Å². The fraction of sp³-hybridized carbons (Fsp3) is 0. The number of carboxylic acid groups (broad SMARTS) is 2. The molecule has 2 N–H and O–H groups in total. The second-order valence-electron chi connectivity index (χ2n) is 4.57. The molecular formula is C18H14O5. The smallest absolute Gasteiger partial charge is 0.338 e. The largest absolute Gasteiger partial charge is 0.478 e. The maximum absolute atomic E-state index is 10.6. The highest BCUT2D eigenvalue weighted by Crippen LogP contribution is 2.18. The van der Waals surface area contributed by atoms with Gasteiger partial charge in [-0.15, -0.1) is 0 Å². The third-order valence-electron chi connectivity index (χ3n) is 3.01. The summed E-state index contributed by atoms with van der Waals surface area (Å²) in [5, 5.41) is 17.0. The Morgan fingerprint density at radius 2 is 1.26 bits per heavy atom. The van der Waals surface area contributed by atoms with Crippen molar-refractivity contribution in [2.24, 2.45) is 0 Å². The first kappa shape index (κ1) is 16.0. The van der Waals surface area contributed by atoms with Gasteiger partial charge in [0.2, 0.25) is 0 Å². The van der Waals surface area contributed by atoms with Crippen molar-refractivity contribution < 1.29 is 24.2 Å². The fourth-order valence-corrected chi connectivity index (χ4v) is 1.82. The maximum atomic E-state index is 10.6. The minimum Gasteiger partial charge on any atom is -0.478 e. The first-order chi connectivity index (χ1) is 11.1. The monoisotopic (exact) mass is 310 g/mol. The molecular weight excluding hydrogens is 296 g/mol. The first-order valence-corrected chi connectivity index (χ1v) is 6.72. The molecule has 5 nitrogen and oxygen atoms in total. The predicted molar refractivity (Wildman–Crippen MR) is 84.5 cm³/mol. The Kier molecular flexibility index (Phi) is 5.30. The predicted octanol–water partition coefficient (Wildman–Crippen LogP) is 4.03. The molecule has 0 saturated carbocycles. The standard InChI is InChI=1S/C13H10O2.C5H4O3/c14-13(15)12-8-6-11(7-9-12)10-4-2-1-3-5-10;6-5(7)4-1-2-8-3-4/h1-9H,(H,14,15);1-3H,(H,6,7). The summed E-state index contributed by atoms with van der Waals surface area (Å²) in [5.41, 5.74) is 2.62. The number of carbonyl (C=O) groups is 2. The number of furan rings is 1. The average molecular weight is 310 g/mol. The number of benzene rings is 2. The Morgan fingerprint density at radius 3 is 1.70 bits per heavy atom. The van der Waals surface area contributed by atoms with Gasteiger partial charge in [0.1, 0.15) is 6.26 Å². The van der Waals surface area contributed by atoms with Crippen molar-refractivity contribution in [3.8, 4) is 11.1 Å². The van der Waals surface area contributed by atoms with Gasteiger partial charge in [0, 0.05) is 0 Å². The molecule has 3 aromatic rings. The van der Waals surface area contributed by atoms with E-state index in [0.29, 0.717) is 5.56 Å². The third-order valence-corrected chi connectivity index (χ3v) is 3.01. The maximum Gasteiger partial charge on any atom is 0.338 e. The van der Waals surface area contributed by atoms with Crippen LogP contribution < -0.4 is 0 Å². The molecule has 0 fully saturated rings. The van der Waals surface area contributed by atoms with Crippen molar-refractivity contribution in [1.82, 2.24) is 0 Å². The number of hydrogen-bond acceptors (Lipinski definition) is 3. The van der Waals surface area contributed by atoms with Crippen LogP contribution in [0.2, 0.25) is 0 Å². The lowest BCUT2D eigenvalue weighted by Crippen LogP contribution is -1.94. The summed E-state index contributed by atoms with van der Waals surface area (Å²) in [7, 11) is 0. The lowest BCUT2D eigenvalue weighted by Gasteiger charge is -2.01. The van der Waals surface area contributed by atoms with Crippen LogP contribution in [0.1, 0.15) is 20.7 Å². The SMILES string of the molecule is O=C(O)c1ccc(-c2ccccc2)cc1.O=C(O)c1ccoc1. The molecule has 0 amide bonds. The van der Waals surface area contributed by atoms with Crippen molar-refractivity contribution in [3.05, 3.63) is 84.3 Å². The van der Waals surface area contributed by atoms with Gasteiger partial charge in [-0.3, -0.25) is 0 Å². The minimum atomic E-state index is -0.959. The molecule has 1 aromatic heterocycles. The van der Waals surface area contributed by atoms with Crippen LogP contribution in [0.5, 0.6) is 0 Å². The summed E-state index contributed by atoms with van der Waals surface area (Å²) < 4.78 is 4.49. The molecule has 3 rings (SSSR count). The summed E-state index contributed by atoms with van der Waals surface area (Å²) in [5.74, 6) is -1.85. The van der Waals surface area contributed by atoms with Crippen LogP contribution in [0.4, 0.5) is 0 Å². The Bertz CT molecular complexity index is 759. The third kappa shape index (κ3) is 4.57. The Morgan fingerprint density at radius 1 is 0.696 bits per heavy atom. The molecule has 5 heteroatoms. The Labute approximate surface area is 132 Å². The van der Waals surface area contributed by atoms with Gasteiger partial charge in [-0.2, -0.15) is 0 Å². The first-order valence-electron chi connectivity index (χ1n) is 6.72. The van der Waals surface area contributed by atoms with E-state index in [1.54, 1.807) is 12.1 Å². The van der Waals surface area contributed by atoms with Gasteiger partial charge in [-0.25, -0.2) is 9.59 Å². The molecule has 0 radical (unpaired) electrons. The van der Waals surface area contributed by atoms with Gasteiger partial charge in [0.25, 0.3) is 0 Å². The lowest BCUT2D eigenvalue weighted by atomic mass is 10.0. The van der Waals surface area contributed by atoms with E-state index in [9.17, 15) is 9.59 Å². The van der Waals surface area contributed by atoms with E-state index in [2.05, 4.69) is 4.42 Å². The highest BCUT2D eigenvalue weighted by Gasteiger charge is 2.02. The van der Waals surface area contributed by atoms with E-state index >= 15 is 0 Å². The van der Waals surface area contributed by atoms with Crippen LogP contribution in [0.3, 0.4) is 0 Å². The summed E-state index contributed by atoms with van der Waals surface area (Å²) >= 11 is 0. The van der Waals surface area contributed by atoms with Gasteiger partial charge in [-0.05, 0) is 29.3 Å². The molecule has 23 heavy (non-hydrogen) atoms. The summed E-state index contributed by atoms with van der Waals surface area (Å²) in [6.07, 6.45) is 2.51. The summed E-state index contributed by atoms with van der Waals surface area (Å²) in [6.45, 7) is 0. The molecule has 0 unspecified atom stereocenters. The molecule has 0 aliphatic carbocycles. The Hall–Kier alpha value is -3.34. The molecule has 0 atom stereocenters. The average Bonchev–Trinajstić information content (AvgIpc) is 3.11. The van der Waals surface area contributed by atoms with Crippen molar-refractivity contribution in [1.29, 1.82) is 0 Å². The molecule has 1 heterocycles. The molecule has 0 saturated heterocycles. The lowest BCUT2D eigenvalue weighted by molar-refractivity contribution is 0.0685. The molecule has 2 aromatic carbocycles. The summed E-state index contributed by atoms with van der Waals surface area (Å²) in [4.78, 5) is 20.7. The Balaban J connectivity index is 0.000000203. The van der Waals surface area contributed by atoms with E-state index in [0.717, 1.165) is 11.1 Å². The van der Waals surface area contributed by atoms with Crippen molar-refractivity contribution in [2.45, 2.75) is 0 Å². The van der Waals surface area contributed by atoms with Crippen LogP contribution in [-0.4, -0.2) is 22.2 Å². The molecule has 116 valence electrons. The molecule has 0 bridgehead atoms. The minimum absolute atomic E-state index is 0.185. The second-order valence-corrected chi connectivity index (χ2v) is 4.57.